The fourth-order valence-electron chi connectivity index (χ4n) is 3.50. The summed E-state index contributed by atoms with van der Waals surface area (Å²) in [4.78, 5) is 41.0. The first-order chi connectivity index (χ1) is 15.7. The van der Waals surface area contributed by atoms with Crippen LogP contribution in [0, 0.1) is 0 Å². The highest BCUT2D eigenvalue weighted by molar-refractivity contribution is 5.92. The van der Waals surface area contributed by atoms with Crippen LogP contribution in [0.2, 0.25) is 0 Å². The van der Waals surface area contributed by atoms with E-state index in [-0.39, 0.29) is 11.7 Å². The van der Waals surface area contributed by atoms with Crippen molar-refractivity contribution < 1.29 is 24.2 Å². The Morgan fingerprint density at radius 1 is 1.09 bits per heavy atom. The van der Waals surface area contributed by atoms with E-state index < -0.39 is 35.2 Å². The summed E-state index contributed by atoms with van der Waals surface area (Å²) in [6, 6.07) is 4.45. The molecule has 34 heavy (non-hydrogen) atoms. The van der Waals surface area contributed by atoms with Crippen molar-refractivity contribution in [3.05, 3.63) is 29.8 Å². The summed E-state index contributed by atoms with van der Waals surface area (Å²) in [5.74, 6) is -0.751. The Kier molecular flexibility index (Phi) is 10.9. The maximum Gasteiger partial charge on any atom is 0.408 e. The highest BCUT2D eigenvalue weighted by Gasteiger charge is 2.42. The van der Waals surface area contributed by atoms with Gasteiger partial charge in [-0.2, -0.15) is 0 Å². The number of ether oxygens (including phenoxy) is 1. The second-order valence-electron chi connectivity index (χ2n) is 10.2. The van der Waals surface area contributed by atoms with E-state index in [1.807, 2.05) is 20.8 Å². The third-order valence-corrected chi connectivity index (χ3v) is 5.63. The third-order valence-electron chi connectivity index (χ3n) is 5.63. The van der Waals surface area contributed by atoms with Crippen molar-refractivity contribution in [3.8, 4) is 5.75 Å². The fraction of sp³-hybridized carbons (Fsp3) is 0.654. The summed E-state index contributed by atoms with van der Waals surface area (Å²) >= 11 is 0. The highest BCUT2D eigenvalue weighted by Crippen LogP contribution is 2.33. The van der Waals surface area contributed by atoms with E-state index in [4.69, 9.17) is 4.74 Å². The molecule has 2 unspecified atom stereocenters. The van der Waals surface area contributed by atoms with Gasteiger partial charge in [0.15, 0.2) is 0 Å². The molecule has 0 heterocycles. The van der Waals surface area contributed by atoms with E-state index in [0.717, 1.165) is 19.3 Å². The lowest BCUT2D eigenvalue weighted by molar-refractivity contribution is -0.149. The lowest BCUT2D eigenvalue weighted by Gasteiger charge is -2.44. The fourth-order valence-corrected chi connectivity index (χ4v) is 3.50. The zero-order valence-electron chi connectivity index (χ0n) is 22.0. The van der Waals surface area contributed by atoms with Crippen LogP contribution in [0.1, 0.15) is 92.7 Å². The molecule has 3 amide bonds. The predicted octanol–water partition coefficient (Wildman–Crippen LogP) is 4.67. The zero-order valence-corrected chi connectivity index (χ0v) is 22.0. The predicted molar refractivity (Wildman–Crippen MR) is 133 cm³/mol. The summed E-state index contributed by atoms with van der Waals surface area (Å²) in [5, 5.41) is 15.6. The van der Waals surface area contributed by atoms with Gasteiger partial charge in [-0.15, -0.1) is 0 Å². The number of rotatable bonds is 11. The van der Waals surface area contributed by atoms with Crippen LogP contribution >= 0.6 is 0 Å². The van der Waals surface area contributed by atoms with E-state index in [0.29, 0.717) is 18.5 Å². The van der Waals surface area contributed by atoms with Crippen LogP contribution in [0.15, 0.2) is 24.3 Å². The summed E-state index contributed by atoms with van der Waals surface area (Å²) in [6.45, 7) is 15.1. The normalized spacial score (nSPS) is 13.5. The summed E-state index contributed by atoms with van der Waals surface area (Å²) in [7, 11) is 0. The van der Waals surface area contributed by atoms with Gasteiger partial charge in [-0.05, 0) is 72.1 Å². The summed E-state index contributed by atoms with van der Waals surface area (Å²) < 4.78 is 5.30. The van der Waals surface area contributed by atoms with Gasteiger partial charge in [0, 0.05) is 12.1 Å². The molecule has 3 N–H and O–H groups in total. The molecule has 8 heteroatoms. The van der Waals surface area contributed by atoms with Gasteiger partial charge in [0.25, 0.3) is 0 Å². The number of alkyl carbamates (subject to hydrolysis) is 1. The van der Waals surface area contributed by atoms with Gasteiger partial charge < -0.3 is 25.4 Å². The molecule has 0 saturated heterocycles. The number of phenolic OH excluding ortho intramolecular Hbond substituents is 1. The second kappa shape index (κ2) is 12.6. The molecule has 0 fully saturated rings. The van der Waals surface area contributed by atoms with Crippen LogP contribution in [0.3, 0.4) is 0 Å². The minimum atomic E-state index is -0.987. The van der Waals surface area contributed by atoms with E-state index >= 15 is 0 Å². The number of benzene rings is 1. The Morgan fingerprint density at radius 2 is 1.74 bits per heavy atom. The van der Waals surface area contributed by atoms with Crippen LogP contribution < -0.4 is 10.6 Å². The SMILES string of the molecule is CCCCCNC(=O)C(c1cccc(O)c1)N(C(=O)C(C)NC(=O)OC(C)(C)C)C(C)(C)CC. The molecular weight excluding hydrogens is 434 g/mol. The van der Waals surface area contributed by atoms with Crippen molar-refractivity contribution in [2.75, 3.05) is 6.54 Å². The number of nitrogens with zero attached hydrogens (tertiary/aromatic N) is 1. The number of phenols is 1. The quantitative estimate of drug-likeness (QED) is 0.401. The lowest BCUT2D eigenvalue weighted by atomic mass is 9.92. The first-order valence-corrected chi connectivity index (χ1v) is 12.1. The number of unbranched alkanes of at least 4 members (excludes halogenated alkanes) is 2. The average Bonchev–Trinajstić information content (AvgIpc) is 2.72. The van der Waals surface area contributed by atoms with E-state index in [2.05, 4.69) is 17.6 Å². The number of amides is 3. The molecule has 0 bridgehead atoms. The van der Waals surface area contributed by atoms with Crippen LogP contribution in [0.5, 0.6) is 5.75 Å². The Morgan fingerprint density at radius 3 is 2.26 bits per heavy atom. The van der Waals surface area contributed by atoms with Gasteiger partial charge in [-0.1, -0.05) is 38.8 Å². The number of nitrogens with one attached hydrogen (secondary N) is 2. The number of carbonyl (C=O) groups excluding carboxylic acids is 3. The van der Waals surface area contributed by atoms with E-state index in [1.165, 1.54) is 17.0 Å². The van der Waals surface area contributed by atoms with Gasteiger partial charge in [-0.25, -0.2) is 4.79 Å². The second-order valence-corrected chi connectivity index (χ2v) is 10.2. The Hall–Kier alpha value is -2.77. The van der Waals surface area contributed by atoms with Gasteiger partial charge in [-0.3, -0.25) is 9.59 Å². The molecular formula is C26H43N3O5. The topological polar surface area (TPSA) is 108 Å². The number of hydrogen-bond acceptors (Lipinski definition) is 5. The van der Waals surface area contributed by atoms with Crippen LogP contribution in [0.25, 0.3) is 0 Å². The standard InChI is InChI=1S/C26H43N3O5/c1-9-11-12-16-27-22(31)21(19-14-13-15-20(30)17-19)29(26(7,8)10-2)23(32)18(3)28-24(33)34-25(4,5)6/h13-15,17-18,21,30H,9-12,16H2,1-8H3,(H,27,31)(H,28,33). The minimum absolute atomic E-state index is 0.00270. The maximum absolute atomic E-state index is 13.7. The molecule has 1 aromatic rings. The van der Waals surface area contributed by atoms with Gasteiger partial charge in [0.2, 0.25) is 11.8 Å². The average molecular weight is 478 g/mol. The largest absolute Gasteiger partial charge is 0.508 e. The maximum atomic E-state index is 13.7. The molecule has 192 valence electrons. The summed E-state index contributed by atoms with van der Waals surface area (Å²) in [6.07, 6.45) is 2.69. The molecule has 0 aromatic heterocycles. The van der Waals surface area contributed by atoms with Gasteiger partial charge in [0.05, 0.1) is 0 Å². The Labute approximate surface area is 204 Å². The molecule has 0 aliphatic carbocycles. The van der Waals surface area contributed by atoms with Crippen molar-refractivity contribution in [2.24, 2.45) is 0 Å². The molecule has 0 aliphatic heterocycles. The van der Waals surface area contributed by atoms with E-state index in [1.54, 1.807) is 39.8 Å². The van der Waals surface area contributed by atoms with Crippen LogP contribution in [-0.2, 0) is 14.3 Å². The smallest absolute Gasteiger partial charge is 0.408 e. The molecule has 2 atom stereocenters. The third kappa shape index (κ3) is 8.88. The first-order valence-electron chi connectivity index (χ1n) is 12.1. The lowest BCUT2D eigenvalue weighted by Crippen LogP contribution is -2.58. The number of aromatic hydroxyl groups is 1. The molecule has 0 spiro atoms. The van der Waals surface area contributed by atoms with Crippen LogP contribution in [-0.4, -0.2) is 51.6 Å². The van der Waals surface area contributed by atoms with Crippen molar-refractivity contribution >= 4 is 17.9 Å². The number of carbonyl (C=O) groups is 3. The summed E-state index contributed by atoms with van der Waals surface area (Å²) in [5.41, 5.74) is -0.942. The Balaban J connectivity index is 3.38. The zero-order chi connectivity index (χ0) is 26.1. The van der Waals surface area contributed by atoms with Crippen LogP contribution in [0.4, 0.5) is 4.79 Å². The molecule has 0 radical (unpaired) electrons. The highest BCUT2D eigenvalue weighted by atomic mass is 16.6. The Bertz CT molecular complexity index is 832. The molecule has 1 rings (SSSR count). The molecule has 0 aliphatic rings. The monoisotopic (exact) mass is 477 g/mol. The molecule has 0 saturated carbocycles. The minimum Gasteiger partial charge on any atom is -0.508 e. The number of hydrogen-bond donors (Lipinski definition) is 3. The van der Waals surface area contributed by atoms with Crippen molar-refractivity contribution in [3.63, 3.8) is 0 Å². The van der Waals surface area contributed by atoms with E-state index in [9.17, 15) is 19.5 Å². The first kappa shape index (κ1) is 29.3. The van der Waals surface area contributed by atoms with Crippen molar-refractivity contribution in [1.29, 1.82) is 0 Å². The van der Waals surface area contributed by atoms with Gasteiger partial charge in [0.1, 0.15) is 23.4 Å². The molecule has 8 nitrogen and oxygen atoms in total. The molecule has 1 aromatic carbocycles. The van der Waals surface area contributed by atoms with Crippen molar-refractivity contribution in [2.45, 2.75) is 104 Å². The van der Waals surface area contributed by atoms with Crippen molar-refractivity contribution in [1.82, 2.24) is 15.5 Å². The van der Waals surface area contributed by atoms with Gasteiger partial charge >= 0.3 is 6.09 Å².